The van der Waals surface area contributed by atoms with Crippen LogP contribution in [0.5, 0.6) is 5.75 Å². The van der Waals surface area contributed by atoms with Gasteiger partial charge in [0, 0.05) is 18.3 Å². The maximum atomic E-state index is 13.8. The summed E-state index contributed by atoms with van der Waals surface area (Å²) in [5.74, 6) is -0.389. The minimum absolute atomic E-state index is 0.0314. The van der Waals surface area contributed by atoms with Crippen molar-refractivity contribution in [3.63, 3.8) is 0 Å². The van der Waals surface area contributed by atoms with E-state index in [1.807, 2.05) is 13.8 Å². The Morgan fingerprint density at radius 2 is 2.00 bits per heavy atom. The first-order chi connectivity index (χ1) is 12.4. The highest BCUT2D eigenvalue weighted by Crippen LogP contribution is 2.36. The molecule has 0 radical (unpaired) electrons. The monoisotopic (exact) mass is 356 g/mol. The van der Waals surface area contributed by atoms with E-state index in [2.05, 4.69) is 5.32 Å². The van der Waals surface area contributed by atoms with Gasteiger partial charge in [0.05, 0.1) is 11.3 Å². The summed E-state index contributed by atoms with van der Waals surface area (Å²) in [6.07, 6.45) is -0.598. The molecule has 2 amide bonds. The van der Waals surface area contributed by atoms with Crippen LogP contribution in [-0.4, -0.2) is 24.5 Å². The molecule has 136 valence electrons. The van der Waals surface area contributed by atoms with Crippen LogP contribution in [0.15, 0.2) is 42.5 Å². The van der Waals surface area contributed by atoms with Crippen LogP contribution < -0.4 is 15.0 Å². The molecule has 0 fully saturated rings. The zero-order valence-electron chi connectivity index (χ0n) is 15.0. The van der Waals surface area contributed by atoms with E-state index in [4.69, 9.17) is 4.74 Å². The van der Waals surface area contributed by atoms with Crippen LogP contribution in [-0.2, 0) is 4.79 Å². The third-order valence-corrected chi connectivity index (χ3v) is 4.09. The van der Waals surface area contributed by atoms with Gasteiger partial charge in [0.15, 0.2) is 6.10 Å². The number of hydrogen-bond donors (Lipinski definition) is 1. The number of carbonyl (C=O) groups is 2. The summed E-state index contributed by atoms with van der Waals surface area (Å²) in [5, 5.41) is 2.67. The molecule has 1 aliphatic heterocycles. The molecule has 1 N–H and O–H groups in total. The highest BCUT2D eigenvalue weighted by Gasteiger charge is 2.32. The number of rotatable bonds is 4. The second-order valence-corrected chi connectivity index (χ2v) is 6.72. The van der Waals surface area contributed by atoms with Crippen molar-refractivity contribution in [1.29, 1.82) is 0 Å². The summed E-state index contributed by atoms with van der Waals surface area (Å²) >= 11 is 0. The molecular formula is C20H21FN2O3. The number of hydrogen-bond acceptors (Lipinski definition) is 3. The predicted molar refractivity (Wildman–Crippen MR) is 98.1 cm³/mol. The first kappa shape index (κ1) is 17.9. The fourth-order valence-corrected chi connectivity index (χ4v) is 2.89. The third-order valence-electron chi connectivity index (χ3n) is 4.09. The number of carbonyl (C=O) groups excluding carboxylic acids is 2. The van der Waals surface area contributed by atoms with E-state index in [0.29, 0.717) is 29.6 Å². The summed E-state index contributed by atoms with van der Waals surface area (Å²) in [6.45, 7) is 6.36. The molecule has 6 heteroatoms. The summed E-state index contributed by atoms with van der Waals surface area (Å²) in [5.41, 5.74) is 1.12. The lowest BCUT2D eigenvalue weighted by atomic mass is 10.1. The van der Waals surface area contributed by atoms with E-state index in [1.54, 1.807) is 36.1 Å². The fourth-order valence-electron chi connectivity index (χ4n) is 2.89. The number of halogens is 1. The molecular weight excluding hydrogens is 335 g/mol. The summed E-state index contributed by atoms with van der Waals surface area (Å²) in [7, 11) is 0. The number of ether oxygens (including phenoxy) is 1. The fraction of sp³-hybridized carbons (Fsp3) is 0.300. The Morgan fingerprint density at radius 3 is 2.69 bits per heavy atom. The molecule has 1 unspecified atom stereocenters. The van der Waals surface area contributed by atoms with Crippen LogP contribution in [0.4, 0.5) is 15.8 Å². The van der Waals surface area contributed by atoms with Crippen LogP contribution >= 0.6 is 0 Å². The molecule has 2 aromatic rings. The number of amides is 2. The normalized spacial score (nSPS) is 16.3. The molecule has 5 nitrogen and oxygen atoms in total. The van der Waals surface area contributed by atoms with E-state index in [0.717, 1.165) is 0 Å². The topological polar surface area (TPSA) is 58.6 Å². The molecule has 0 bridgehead atoms. The van der Waals surface area contributed by atoms with Gasteiger partial charge in [-0.05, 0) is 37.1 Å². The van der Waals surface area contributed by atoms with Gasteiger partial charge >= 0.3 is 0 Å². The predicted octanol–water partition coefficient (Wildman–Crippen LogP) is 3.85. The molecule has 1 aliphatic rings. The zero-order chi connectivity index (χ0) is 18.8. The Morgan fingerprint density at radius 1 is 1.27 bits per heavy atom. The van der Waals surface area contributed by atoms with Crippen molar-refractivity contribution in [2.75, 3.05) is 16.8 Å². The van der Waals surface area contributed by atoms with Crippen molar-refractivity contribution in [2.24, 2.45) is 5.92 Å². The lowest BCUT2D eigenvalue weighted by Crippen LogP contribution is -2.46. The molecule has 1 atom stereocenters. The Bertz CT molecular complexity index is 851. The van der Waals surface area contributed by atoms with E-state index in [9.17, 15) is 14.0 Å². The first-order valence-electron chi connectivity index (χ1n) is 8.54. The number of fused-ring (bicyclic) bond motifs is 1. The summed E-state index contributed by atoms with van der Waals surface area (Å²) in [4.78, 5) is 26.4. The average Bonchev–Trinajstić information content (AvgIpc) is 2.59. The summed E-state index contributed by atoms with van der Waals surface area (Å²) in [6, 6.07) is 10.9. The van der Waals surface area contributed by atoms with E-state index < -0.39 is 17.8 Å². The SMILES string of the molecule is CC(C)CN1C(=O)C(C)Oc2cc(NC(=O)c3ccccc3F)ccc21. The molecule has 3 rings (SSSR count). The van der Waals surface area contributed by atoms with Gasteiger partial charge in [0.1, 0.15) is 11.6 Å². The average molecular weight is 356 g/mol. The van der Waals surface area contributed by atoms with Gasteiger partial charge in [-0.1, -0.05) is 26.0 Å². The van der Waals surface area contributed by atoms with Gasteiger partial charge in [-0.25, -0.2) is 4.39 Å². The molecule has 0 aromatic heterocycles. The standard InChI is InChI=1S/C20H21FN2O3/c1-12(2)11-23-17-9-8-14(10-18(17)26-13(3)20(23)25)22-19(24)15-6-4-5-7-16(15)21/h4-10,12-13H,11H2,1-3H3,(H,22,24). The molecule has 0 spiro atoms. The van der Waals surface area contributed by atoms with Crippen LogP contribution in [0, 0.1) is 11.7 Å². The van der Waals surface area contributed by atoms with E-state index >= 15 is 0 Å². The third kappa shape index (κ3) is 3.54. The maximum Gasteiger partial charge on any atom is 0.267 e. The number of nitrogens with one attached hydrogen (secondary N) is 1. The van der Waals surface area contributed by atoms with Crippen LogP contribution in [0.25, 0.3) is 0 Å². The Balaban J connectivity index is 1.87. The lowest BCUT2D eigenvalue weighted by molar-refractivity contribution is -0.125. The molecule has 0 saturated carbocycles. The minimum atomic E-state index is -0.598. The number of anilines is 2. The van der Waals surface area contributed by atoms with Crippen molar-refractivity contribution in [2.45, 2.75) is 26.9 Å². The van der Waals surface area contributed by atoms with E-state index in [-0.39, 0.29) is 11.5 Å². The molecule has 2 aromatic carbocycles. The molecule has 26 heavy (non-hydrogen) atoms. The highest BCUT2D eigenvalue weighted by atomic mass is 19.1. The van der Waals surface area contributed by atoms with Gasteiger partial charge in [-0.15, -0.1) is 0 Å². The molecule has 0 aliphatic carbocycles. The van der Waals surface area contributed by atoms with Crippen molar-refractivity contribution < 1.29 is 18.7 Å². The first-order valence-corrected chi connectivity index (χ1v) is 8.54. The highest BCUT2D eigenvalue weighted by molar-refractivity contribution is 6.05. The Hall–Kier alpha value is -2.89. The minimum Gasteiger partial charge on any atom is -0.479 e. The largest absolute Gasteiger partial charge is 0.479 e. The van der Waals surface area contributed by atoms with Crippen LogP contribution in [0.1, 0.15) is 31.1 Å². The van der Waals surface area contributed by atoms with Crippen molar-refractivity contribution in [1.82, 2.24) is 0 Å². The molecule has 1 heterocycles. The van der Waals surface area contributed by atoms with Crippen LogP contribution in [0.2, 0.25) is 0 Å². The maximum absolute atomic E-state index is 13.8. The van der Waals surface area contributed by atoms with E-state index in [1.165, 1.54) is 18.2 Å². The van der Waals surface area contributed by atoms with Gasteiger partial charge in [-0.3, -0.25) is 9.59 Å². The Labute approximate surface area is 151 Å². The summed E-state index contributed by atoms with van der Waals surface area (Å²) < 4.78 is 19.4. The number of benzene rings is 2. The quantitative estimate of drug-likeness (QED) is 0.905. The van der Waals surface area contributed by atoms with Crippen molar-refractivity contribution in [3.8, 4) is 5.75 Å². The van der Waals surface area contributed by atoms with Gasteiger partial charge < -0.3 is 15.0 Å². The lowest BCUT2D eigenvalue weighted by Gasteiger charge is -2.34. The van der Waals surface area contributed by atoms with Crippen LogP contribution in [0.3, 0.4) is 0 Å². The molecule has 0 saturated heterocycles. The van der Waals surface area contributed by atoms with Gasteiger partial charge in [-0.2, -0.15) is 0 Å². The van der Waals surface area contributed by atoms with Crippen molar-refractivity contribution >= 4 is 23.2 Å². The Kier molecular flexibility index (Phi) is 4.93. The smallest absolute Gasteiger partial charge is 0.267 e. The van der Waals surface area contributed by atoms with Crippen molar-refractivity contribution in [3.05, 3.63) is 53.8 Å². The second-order valence-electron chi connectivity index (χ2n) is 6.72. The number of nitrogens with zero attached hydrogens (tertiary/aromatic N) is 1. The zero-order valence-corrected chi connectivity index (χ0v) is 15.0. The van der Waals surface area contributed by atoms with Gasteiger partial charge in [0.2, 0.25) is 0 Å². The van der Waals surface area contributed by atoms with Gasteiger partial charge in [0.25, 0.3) is 11.8 Å². The second kappa shape index (κ2) is 7.15.